The Hall–Kier alpha value is -0.870. The highest BCUT2D eigenvalue weighted by Gasteiger charge is 2.16. The lowest BCUT2D eigenvalue weighted by atomic mass is 10.2. The number of nitrogens with one attached hydrogen (secondary N) is 1. The standard InChI is InChI=1S/C9H15N3O/c1-12-8(2-5-11-12)9-3-4-10-6-7-13-9/h2,5,9-10H,3-4,6-7H2,1H3. The second kappa shape index (κ2) is 3.89. The first kappa shape index (κ1) is 8.72. The SMILES string of the molecule is Cn1nccc1C1CCNCCO1. The van der Waals surface area contributed by atoms with E-state index in [1.54, 1.807) is 0 Å². The highest BCUT2D eigenvalue weighted by Crippen LogP contribution is 2.20. The summed E-state index contributed by atoms with van der Waals surface area (Å²) in [5.41, 5.74) is 1.17. The van der Waals surface area contributed by atoms with Crippen molar-refractivity contribution < 1.29 is 4.74 Å². The van der Waals surface area contributed by atoms with Gasteiger partial charge in [0, 0.05) is 19.8 Å². The quantitative estimate of drug-likeness (QED) is 0.684. The molecule has 0 aromatic carbocycles. The topological polar surface area (TPSA) is 39.1 Å². The van der Waals surface area contributed by atoms with Gasteiger partial charge in [0.2, 0.25) is 0 Å². The summed E-state index contributed by atoms with van der Waals surface area (Å²) in [6.07, 6.45) is 3.05. The molecule has 1 saturated heterocycles. The molecule has 1 aliphatic rings. The van der Waals surface area contributed by atoms with E-state index in [1.165, 1.54) is 5.69 Å². The molecule has 13 heavy (non-hydrogen) atoms. The number of aromatic nitrogens is 2. The van der Waals surface area contributed by atoms with Crippen LogP contribution >= 0.6 is 0 Å². The monoisotopic (exact) mass is 181 g/mol. The van der Waals surface area contributed by atoms with Gasteiger partial charge in [-0.3, -0.25) is 4.68 Å². The second-order valence-corrected chi connectivity index (χ2v) is 3.28. The second-order valence-electron chi connectivity index (χ2n) is 3.28. The predicted molar refractivity (Wildman–Crippen MR) is 49.4 cm³/mol. The lowest BCUT2D eigenvalue weighted by molar-refractivity contribution is 0.0586. The Balaban J connectivity index is 2.10. The van der Waals surface area contributed by atoms with Gasteiger partial charge in [0.15, 0.2) is 0 Å². The number of hydrogen-bond acceptors (Lipinski definition) is 3. The summed E-state index contributed by atoms with van der Waals surface area (Å²) < 4.78 is 7.59. The third kappa shape index (κ3) is 1.89. The van der Waals surface area contributed by atoms with Crippen LogP contribution in [0.4, 0.5) is 0 Å². The molecule has 4 heteroatoms. The molecule has 1 aromatic rings. The van der Waals surface area contributed by atoms with Crippen molar-refractivity contribution in [2.45, 2.75) is 12.5 Å². The molecule has 0 saturated carbocycles. The Bertz CT molecular complexity index is 264. The average molecular weight is 181 g/mol. The molecule has 0 amide bonds. The van der Waals surface area contributed by atoms with Crippen LogP contribution in [-0.2, 0) is 11.8 Å². The average Bonchev–Trinajstić information content (AvgIpc) is 2.43. The summed E-state index contributed by atoms with van der Waals surface area (Å²) >= 11 is 0. The molecule has 1 unspecified atom stereocenters. The first-order chi connectivity index (χ1) is 6.38. The molecule has 2 heterocycles. The fourth-order valence-electron chi connectivity index (χ4n) is 1.65. The molecule has 72 valence electrons. The molecule has 1 N–H and O–H groups in total. The van der Waals surface area contributed by atoms with Crippen LogP contribution in [0.25, 0.3) is 0 Å². The number of hydrogen-bond donors (Lipinski definition) is 1. The van der Waals surface area contributed by atoms with Crippen LogP contribution in [-0.4, -0.2) is 29.5 Å². The summed E-state index contributed by atoms with van der Waals surface area (Å²) in [6.45, 7) is 2.76. The van der Waals surface area contributed by atoms with E-state index in [0.717, 1.165) is 26.1 Å². The summed E-state index contributed by atoms with van der Waals surface area (Å²) in [4.78, 5) is 0. The van der Waals surface area contributed by atoms with Crippen molar-refractivity contribution >= 4 is 0 Å². The largest absolute Gasteiger partial charge is 0.371 e. The van der Waals surface area contributed by atoms with Crippen molar-refractivity contribution in [3.8, 4) is 0 Å². The molecule has 1 aromatic heterocycles. The third-order valence-corrected chi connectivity index (χ3v) is 2.37. The Labute approximate surface area is 77.9 Å². The maximum absolute atomic E-state index is 5.70. The summed E-state index contributed by atoms with van der Waals surface area (Å²) in [7, 11) is 1.96. The maximum atomic E-state index is 5.70. The van der Waals surface area contributed by atoms with E-state index in [0.29, 0.717) is 0 Å². The van der Waals surface area contributed by atoms with Gasteiger partial charge in [-0.1, -0.05) is 0 Å². The molecular weight excluding hydrogens is 166 g/mol. The molecule has 1 fully saturated rings. The van der Waals surface area contributed by atoms with Crippen LogP contribution in [0.2, 0.25) is 0 Å². The minimum absolute atomic E-state index is 0.211. The van der Waals surface area contributed by atoms with Gasteiger partial charge in [0.05, 0.1) is 12.3 Å². The van der Waals surface area contributed by atoms with E-state index in [-0.39, 0.29) is 6.10 Å². The van der Waals surface area contributed by atoms with Gasteiger partial charge >= 0.3 is 0 Å². The summed E-state index contributed by atoms with van der Waals surface area (Å²) in [5.74, 6) is 0. The third-order valence-electron chi connectivity index (χ3n) is 2.37. The molecule has 1 atom stereocenters. The summed E-state index contributed by atoms with van der Waals surface area (Å²) in [5, 5.41) is 7.44. The van der Waals surface area contributed by atoms with Crippen molar-refractivity contribution in [2.75, 3.05) is 19.7 Å². The van der Waals surface area contributed by atoms with Crippen molar-refractivity contribution in [3.63, 3.8) is 0 Å². The van der Waals surface area contributed by atoms with Gasteiger partial charge in [-0.2, -0.15) is 5.10 Å². The van der Waals surface area contributed by atoms with E-state index in [1.807, 2.05) is 24.0 Å². The number of ether oxygens (including phenoxy) is 1. The van der Waals surface area contributed by atoms with Crippen molar-refractivity contribution in [1.29, 1.82) is 0 Å². The zero-order valence-corrected chi connectivity index (χ0v) is 7.86. The van der Waals surface area contributed by atoms with Crippen molar-refractivity contribution in [3.05, 3.63) is 18.0 Å². The molecular formula is C9H15N3O. The smallest absolute Gasteiger partial charge is 0.100 e. The van der Waals surface area contributed by atoms with E-state index >= 15 is 0 Å². The zero-order chi connectivity index (χ0) is 9.10. The van der Waals surface area contributed by atoms with Gasteiger partial charge in [0.25, 0.3) is 0 Å². The van der Waals surface area contributed by atoms with Crippen LogP contribution in [0.1, 0.15) is 18.2 Å². The molecule has 2 rings (SSSR count). The highest BCUT2D eigenvalue weighted by atomic mass is 16.5. The van der Waals surface area contributed by atoms with Gasteiger partial charge in [-0.25, -0.2) is 0 Å². The van der Waals surface area contributed by atoms with Crippen molar-refractivity contribution in [2.24, 2.45) is 7.05 Å². The lowest BCUT2D eigenvalue weighted by Gasteiger charge is -2.14. The minimum Gasteiger partial charge on any atom is -0.371 e. The number of aryl methyl sites for hydroxylation is 1. The van der Waals surface area contributed by atoms with Crippen molar-refractivity contribution in [1.82, 2.24) is 15.1 Å². The number of nitrogens with zero attached hydrogens (tertiary/aromatic N) is 2. The van der Waals surface area contributed by atoms with Gasteiger partial charge in [-0.05, 0) is 19.0 Å². The predicted octanol–water partition coefficient (Wildman–Crippen LogP) is 0.471. The van der Waals surface area contributed by atoms with E-state index in [2.05, 4.69) is 10.4 Å². The number of rotatable bonds is 1. The Morgan fingerprint density at radius 2 is 2.54 bits per heavy atom. The Morgan fingerprint density at radius 1 is 1.62 bits per heavy atom. The van der Waals surface area contributed by atoms with Gasteiger partial charge in [-0.15, -0.1) is 0 Å². The zero-order valence-electron chi connectivity index (χ0n) is 7.86. The minimum atomic E-state index is 0.211. The van der Waals surface area contributed by atoms with Crippen LogP contribution < -0.4 is 5.32 Å². The Kier molecular flexibility index (Phi) is 2.61. The van der Waals surface area contributed by atoms with Crippen LogP contribution in [0.5, 0.6) is 0 Å². The first-order valence-electron chi connectivity index (χ1n) is 4.68. The Morgan fingerprint density at radius 3 is 3.31 bits per heavy atom. The van der Waals surface area contributed by atoms with E-state index in [4.69, 9.17) is 4.74 Å². The normalized spacial score (nSPS) is 24.2. The molecule has 0 aliphatic carbocycles. The van der Waals surface area contributed by atoms with E-state index in [9.17, 15) is 0 Å². The van der Waals surface area contributed by atoms with Crippen LogP contribution in [0.3, 0.4) is 0 Å². The molecule has 0 spiro atoms. The van der Waals surface area contributed by atoms with E-state index < -0.39 is 0 Å². The van der Waals surface area contributed by atoms with Crippen LogP contribution in [0.15, 0.2) is 12.3 Å². The maximum Gasteiger partial charge on any atom is 0.100 e. The van der Waals surface area contributed by atoms with Crippen LogP contribution in [0, 0.1) is 0 Å². The molecule has 0 radical (unpaired) electrons. The van der Waals surface area contributed by atoms with Gasteiger partial charge in [0.1, 0.15) is 6.10 Å². The fourth-order valence-corrected chi connectivity index (χ4v) is 1.65. The fraction of sp³-hybridized carbons (Fsp3) is 0.667. The summed E-state index contributed by atoms with van der Waals surface area (Å²) in [6, 6.07) is 2.02. The highest BCUT2D eigenvalue weighted by molar-refractivity contribution is 5.04. The first-order valence-corrected chi connectivity index (χ1v) is 4.68. The van der Waals surface area contributed by atoms with Gasteiger partial charge < -0.3 is 10.1 Å². The molecule has 4 nitrogen and oxygen atoms in total. The molecule has 1 aliphatic heterocycles. The lowest BCUT2D eigenvalue weighted by Crippen LogP contribution is -2.16. The molecule has 0 bridgehead atoms.